The van der Waals surface area contributed by atoms with E-state index in [0.29, 0.717) is 23.7 Å². The van der Waals surface area contributed by atoms with Crippen LogP contribution >= 0.6 is 0 Å². The van der Waals surface area contributed by atoms with Crippen LogP contribution in [-0.4, -0.2) is 32.3 Å². The molecule has 0 N–H and O–H groups in total. The Morgan fingerprint density at radius 2 is 1.84 bits per heavy atom. The van der Waals surface area contributed by atoms with Gasteiger partial charge in [-0.05, 0) is 43.7 Å². The van der Waals surface area contributed by atoms with Gasteiger partial charge >= 0.3 is 5.97 Å². The van der Waals surface area contributed by atoms with Crippen LogP contribution in [0, 0.1) is 6.92 Å². The molecule has 0 bridgehead atoms. The molecule has 0 unspecified atom stereocenters. The Hall–Kier alpha value is -4.00. The third-order valence-electron chi connectivity index (χ3n) is 4.58. The number of rotatable bonds is 7. The van der Waals surface area contributed by atoms with Crippen LogP contribution in [0.2, 0.25) is 0 Å². The molecule has 3 aromatic heterocycles. The summed E-state index contributed by atoms with van der Waals surface area (Å²) >= 11 is 0. The summed E-state index contributed by atoms with van der Waals surface area (Å²) in [5.41, 5.74) is 4.21. The Morgan fingerprint density at radius 3 is 2.52 bits per heavy atom. The number of carbonyl (C=O) groups excluding carboxylic acids is 1. The summed E-state index contributed by atoms with van der Waals surface area (Å²) in [4.78, 5) is 21.1. The van der Waals surface area contributed by atoms with Crippen molar-refractivity contribution in [3.8, 4) is 22.8 Å². The van der Waals surface area contributed by atoms with Crippen molar-refractivity contribution in [1.82, 2.24) is 19.7 Å². The van der Waals surface area contributed by atoms with E-state index in [0.717, 1.165) is 16.9 Å². The monoisotopic (exact) mass is 414 g/mol. The second-order valence-corrected chi connectivity index (χ2v) is 6.86. The van der Waals surface area contributed by atoms with Crippen molar-refractivity contribution in [1.29, 1.82) is 0 Å². The van der Waals surface area contributed by atoms with Gasteiger partial charge in [-0.2, -0.15) is 5.10 Å². The summed E-state index contributed by atoms with van der Waals surface area (Å²) in [7, 11) is 0. The van der Waals surface area contributed by atoms with Gasteiger partial charge in [-0.1, -0.05) is 30.3 Å². The summed E-state index contributed by atoms with van der Waals surface area (Å²) in [5.74, 6) is 0.173. The first-order valence-electron chi connectivity index (χ1n) is 9.97. The number of nitrogens with zero attached hydrogens (tertiary/aromatic N) is 4. The molecule has 0 saturated heterocycles. The molecule has 1 aromatic carbocycles. The highest BCUT2D eigenvalue weighted by atomic mass is 16.5. The van der Waals surface area contributed by atoms with Gasteiger partial charge in [-0.25, -0.2) is 9.48 Å². The van der Waals surface area contributed by atoms with E-state index in [4.69, 9.17) is 9.47 Å². The average Bonchev–Trinajstić information content (AvgIpc) is 3.25. The van der Waals surface area contributed by atoms with Crippen LogP contribution < -0.4 is 4.74 Å². The van der Waals surface area contributed by atoms with Gasteiger partial charge in [-0.15, -0.1) is 0 Å². The summed E-state index contributed by atoms with van der Waals surface area (Å²) in [6.07, 6.45) is 3.37. The van der Waals surface area contributed by atoms with E-state index in [9.17, 15) is 4.79 Å². The zero-order valence-electron chi connectivity index (χ0n) is 17.4. The van der Waals surface area contributed by atoms with Gasteiger partial charge in [-0.3, -0.25) is 9.97 Å². The molecule has 0 aliphatic heterocycles. The van der Waals surface area contributed by atoms with Gasteiger partial charge in [0.05, 0.1) is 36.1 Å². The molecular formula is C24H22N4O3. The largest absolute Gasteiger partial charge is 0.487 e. The van der Waals surface area contributed by atoms with Crippen molar-refractivity contribution in [2.75, 3.05) is 6.61 Å². The lowest BCUT2D eigenvalue weighted by Gasteiger charge is -2.09. The van der Waals surface area contributed by atoms with Crippen LogP contribution in [0.15, 0.2) is 73.1 Å². The fourth-order valence-electron chi connectivity index (χ4n) is 3.01. The molecule has 0 spiro atoms. The van der Waals surface area contributed by atoms with Gasteiger partial charge in [0.25, 0.3) is 0 Å². The molecule has 4 aromatic rings. The van der Waals surface area contributed by atoms with Crippen LogP contribution in [0.5, 0.6) is 5.75 Å². The molecule has 156 valence electrons. The lowest BCUT2D eigenvalue weighted by molar-refractivity contribution is 0.0519. The third kappa shape index (κ3) is 4.78. The van der Waals surface area contributed by atoms with Gasteiger partial charge in [0.15, 0.2) is 5.69 Å². The number of esters is 1. The zero-order valence-corrected chi connectivity index (χ0v) is 17.4. The molecule has 0 radical (unpaired) electrons. The topological polar surface area (TPSA) is 79.1 Å². The Balaban J connectivity index is 1.62. The molecule has 0 aliphatic rings. The number of aromatic nitrogens is 4. The van der Waals surface area contributed by atoms with Gasteiger partial charge < -0.3 is 9.47 Å². The normalized spacial score (nSPS) is 10.6. The highest BCUT2D eigenvalue weighted by molar-refractivity contribution is 5.88. The van der Waals surface area contributed by atoms with E-state index in [1.807, 2.05) is 61.5 Å². The molecule has 7 nitrogen and oxygen atoms in total. The van der Waals surface area contributed by atoms with Crippen LogP contribution in [0.4, 0.5) is 0 Å². The smallest absolute Gasteiger partial charge is 0.358 e. The van der Waals surface area contributed by atoms with Crippen LogP contribution in [0.3, 0.4) is 0 Å². The zero-order chi connectivity index (χ0) is 21.6. The fraction of sp³-hybridized carbons (Fsp3) is 0.167. The number of benzene rings is 1. The van der Waals surface area contributed by atoms with Crippen molar-refractivity contribution < 1.29 is 14.3 Å². The molecule has 0 amide bonds. The molecule has 0 atom stereocenters. The van der Waals surface area contributed by atoms with Crippen molar-refractivity contribution >= 4 is 5.97 Å². The maximum atomic E-state index is 12.2. The van der Waals surface area contributed by atoms with Gasteiger partial charge in [0.1, 0.15) is 12.4 Å². The highest BCUT2D eigenvalue weighted by Crippen LogP contribution is 2.24. The molecule has 7 heteroatoms. The minimum absolute atomic E-state index is 0.212. The summed E-state index contributed by atoms with van der Waals surface area (Å²) in [6.45, 7) is 4.41. The fourth-order valence-corrected chi connectivity index (χ4v) is 3.01. The summed E-state index contributed by atoms with van der Waals surface area (Å²) in [6, 6.07) is 19.1. The van der Waals surface area contributed by atoms with E-state index in [-0.39, 0.29) is 12.3 Å². The SMILES string of the molecule is CCOC(=O)c1cc(-c2ccc(OCc3ccccc3)cn2)n(-c2ccc(C)nc2)n1. The number of ether oxygens (including phenoxy) is 2. The summed E-state index contributed by atoms with van der Waals surface area (Å²) < 4.78 is 12.6. The molecule has 4 rings (SSSR count). The number of hydrogen-bond donors (Lipinski definition) is 0. The Labute approximate surface area is 180 Å². The number of hydrogen-bond acceptors (Lipinski definition) is 6. The van der Waals surface area contributed by atoms with E-state index >= 15 is 0 Å². The van der Waals surface area contributed by atoms with Crippen LogP contribution in [-0.2, 0) is 11.3 Å². The van der Waals surface area contributed by atoms with E-state index in [1.54, 1.807) is 30.1 Å². The number of aryl methyl sites for hydroxylation is 1. The molecular weight excluding hydrogens is 392 g/mol. The van der Waals surface area contributed by atoms with Crippen molar-refractivity contribution in [3.05, 3.63) is 90.0 Å². The quantitative estimate of drug-likeness (QED) is 0.417. The van der Waals surface area contributed by atoms with Crippen molar-refractivity contribution in [3.63, 3.8) is 0 Å². The summed E-state index contributed by atoms with van der Waals surface area (Å²) in [5, 5.41) is 4.43. The number of carbonyl (C=O) groups is 1. The van der Waals surface area contributed by atoms with E-state index in [1.165, 1.54) is 0 Å². The second kappa shape index (κ2) is 9.21. The molecule has 0 aliphatic carbocycles. The molecule has 31 heavy (non-hydrogen) atoms. The van der Waals surface area contributed by atoms with Crippen LogP contribution in [0.25, 0.3) is 17.1 Å². The number of pyridine rings is 2. The first-order valence-corrected chi connectivity index (χ1v) is 9.97. The predicted molar refractivity (Wildman–Crippen MR) is 116 cm³/mol. The predicted octanol–water partition coefficient (Wildman–Crippen LogP) is 4.39. The Bertz CT molecular complexity index is 1150. The standard InChI is InChI=1S/C24H22N4O3/c1-3-30-24(29)22-13-23(28(27-22)19-10-9-17(2)25-14-19)21-12-11-20(15-26-21)31-16-18-7-5-4-6-8-18/h4-15H,3,16H2,1-2H3. The lowest BCUT2D eigenvalue weighted by Crippen LogP contribution is -2.07. The molecule has 3 heterocycles. The average molecular weight is 414 g/mol. The maximum absolute atomic E-state index is 12.2. The van der Waals surface area contributed by atoms with Gasteiger partial charge in [0.2, 0.25) is 0 Å². The third-order valence-corrected chi connectivity index (χ3v) is 4.58. The van der Waals surface area contributed by atoms with Crippen molar-refractivity contribution in [2.24, 2.45) is 0 Å². The Morgan fingerprint density at radius 1 is 1.00 bits per heavy atom. The maximum Gasteiger partial charge on any atom is 0.358 e. The van der Waals surface area contributed by atoms with E-state index in [2.05, 4.69) is 15.1 Å². The van der Waals surface area contributed by atoms with E-state index < -0.39 is 5.97 Å². The minimum atomic E-state index is -0.481. The lowest BCUT2D eigenvalue weighted by atomic mass is 10.2. The van der Waals surface area contributed by atoms with Gasteiger partial charge in [0, 0.05) is 11.8 Å². The minimum Gasteiger partial charge on any atom is -0.487 e. The van der Waals surface area contributed by atoms with Crippen LogP contribution in [0.1, 0.15) is 28.7 Å². The second-order valence-electron chi connectivity index (χ2n) is 6.86. The first kappa shape index (κ1) is 20.3. The highest BCUT2D eigenvalue weighted by Gasteiger charge is 2.18. The Kier molecular flexibility index (Phi) is 6.03. The first-order chi connectivity index (χ1) is 15.1. The van der Waals surface area contributed by atoms with Crippen molar-refractivity contribution in [2.45, 2.75) is 20.5 Å². The molecule has 0 fully saturated rings. The molecule has 0 saturated carbocycles.